The van der Waals surface area contributed by atoms with Crippen LogP contribution >= 0.6 is 0 Å². The lowest BCUT2D eigenvalue weighted by Gasteiger charge is -2.24. The third-order valence-electron chi connectivity index (χ3n) is 11.4. The van der Waals surface area contributed by atoms with Crippen molar-refractivity contribution < 1.29 is 33.3 Å². The molecule has 3 atom stereocenters. The third kappa shape index (κ3) is 9.47. The number of rotatable bonds is 18. The zero-order valence-corrected chi connectivity index (χ0v) is 35.4. The number of carbonyl (C=O) groups is 3. The maximum Gasteiger partial charge on any atom is 0.241 e. The average Bonchev–Trinajstić information content (AvgIpc) is 3.79. The highest BCUT2D eigenvalue weighted by Crippen LogP contribution is 2.38. The Bertz CT molecular complexity index is 2440. The van der Waals surface area contributed by atoms with Crippen LogP contribution in [0.4, 0.5) is 28.4 Å². The number of likely N-dealkylation sites (N-methyl/N-ethyl adjacent to an activating group) is 3. The van der Waals surface area contributed by atoms with Crippen molar-refractivity contribution in [2.24, 2.45) is 4.99 Å². The highest BCUT2D eigenvalue weighted by molar-refractivity contribution is 5.94. The molecule has 0 aliphatic carbocycles. The summed E-state index contributed by atoms with van der Waals surface area (Å²) in [7, 11) is 8.88. The number of nitrogens with one attached hydrogen (secondary N) is 3. The Morgan fingerprint density at radius 3 is 1.95 bits per heavy atom. The molecule has 2 aliphatic heterocycles. The van der Waals surface area contributed by atoms with E-state index in [1.54, 1.807) is 38.2 Å². The lowest BCUT2D eigenvalue weighted by atomic mass is 10.1. The Morgan fingerprint density at radius 2 is 1.36 bits per heavy atom. The summed E-state index contributed by atoms with van der Waals surface area (Å²) in [4.78, 5) is 46.6. The molecule has 7 rings (SSSR count). The number of nitrogens with zero attached hydrogens (tertiary/aromatic N) is 3. The first-order valence-electron chi connectivity index (χ1n) is 20.2. The van der Waals surface area contributed by atoms with Gasteiger partial charge in [0.2, 0.25) is 5.91 Å². The van der Waals surface area contributed by atoms with Crippen molar-refractivity contribution >= 4 is 53.1 Å². The van der Waals surface area contributed by atoms with Crippen molar-refractivity contribution in [3.05, 3.63) is 124 Å². The molecule has 0 spiro atoms. The Balaban J connectivity index is 1.10. The van der Waals surface area contributed by atoms with Crippen LogP contribution in [0.2, 0.25) is 0 Å². The molecule has 2 aliphatic rings. The fraction of sp³-hybridized carbons (Fsp3) is 0.292. The molecular formula is C48H52N6O7. The molecule has 0 saturated carbocycles. The molecule has 0 fully saturated rings. The van der Waals surface area contributed by atoms with E-state index in [4.69, 9.17) is 23.9 Å². The van der Waals surface area contributed by atoms with Gasteiger partial charge in [0.25, 0.3) is 0 Å². The van der Waals surface area contributed by atoms with E-state index >= 15 is 0 Å². The van der Waals surface area contributed by atoms with E-state index in [1.165, 1.54) is 31.0 Å². The van der Waals surface area contributed by atoms with Gasteiger partial charge >= 0.3 is 0 Å². The maximum absolute atomic E-state index is 13.0. The first-order valence-corrected chi connectivity index (χ1v) is 20.2. The summed E-state index contributed by atoms with van der Waals surface area (Å²) >= 11 is 0. The highest BCUT2D eigenvalue weighted by Gasteiger charge is 2.27. The predicted octanol–water partition coefficient (Wildman–Crippen LogP) is 7.27. The van der Waals surface area contributed by atoms with Gasteiger partial charge in [-0.15, -0.1) is 0 Å². The quantitative estimate of drug-likeness (QED) is 0.0607. The van der Waals surface area contributed by atoms with Crippen LogP contribution in [0.15, 0.2) is 96.0 Å². The molecule has 2 unspecified atom stereocenters. The van der Waals surface area contributed by atoms with E-state index in [0.29, 0.717) is 57.7 Å². The second-order valence-corrected chi connectivity index (χ2v) is 15.3. The number of amides is 1. The highest BCUT2D eigenvalue weighted by atomic mass is 16.5. The molecular weight excluding hydrogens is 773 g/mol. The van der Waals surface area contributed by atoms with Crippen LogP contribution in [-0.4, -0.2) is 84.7 Å². The minimum atomic E-state index is -0.443. The van der Waals surface area contributed by atoms with E-state index in [2.05, 4.69) is 63.1 Å². The number of hydrogen-bond acceptors (Lipinski definition) is 12. The Labute approximate surface area is 356 Å². The summed E-state index contributed by atoms with van der Waals surface area (Å²) in [5, 5.41) is 9.44. The van der Waals surface area contributed by atoms with Crippen molar-refractivity contribution in [3.63, 3.8) is 0 Å². The van der Waals surface area contributed by atoms with Crippen molar-refractivity contribution in [2.45, 2.75) is 51.1 Å². The molecule has 13 heteroatoms. The third-order valence-corrected chi connectivity index (χ3v) is 11.4. The van der Waals surface area contributed by atoms with Crippen LogP contribution in [0, 0.1) is 0 Å². The number of ether oxygens (including phenoxy) is 4. The van der Waals surface area contributed by atoms with Gasteiger partial charge in [0.15, 0.2) is 35.6 Å². The van der Waals surface area contributed by atoms with Gasteiger partial charge in [-0.1, -0.05) is 36.4 Å². The van der Waals surface area contributed by atoms with Gasteiger partial charge in [-0.25, -0.2) is 0 Å². The number of carbonyl (C=O) groups excluding carboxylic acids is 3. The lowest BCUT2D eigenvalue weighted by Crippen LogP contribution is -2.35. The number of methoxy groups -OCH3 is 2. The second kappa shape index (κ2) is 19.0. The molecule has 2 heterocycles. The van der Waals surface area contributed by atoms with E-state index in [9.17, 15) is 14.4 Å². The molecule has 61 heavy (non-hydrogen) atoms. The number of para-hydroxylation sites is 2. The van der Waals surface area contributed by atoms with Crippen LogP contribution < -0.4 is 44.7 Å². The Kier molecular flexibility index (Phi) is 13.2. The molecule has 3 N–H and O–H groups in total. The van der Waals surface area contributed by atoms with Crippen molar-refractivity contribution in [1.29, 1.82) is 0 Å². The van der Waals surface area contributed by atoms with Gasteiger partial charge < -0.3 is 44.7 Å². The van der Waals surface area contributed by atoms with Crippen molar-refractivity contribution in [3.8, 4) is 23.0 Å². The van der Waals surface area contributed by atoms with Gasteiger partial charge in [-0.3, -0.25) is 19.4 Å². The first-order chi connectivity index (χ1) is 29.6. The Hall–Kier alpha value is -6.86. The van der Waals surface area contributed by atoms with Gasteiger partial charge in [-0.05, 0) is 91.5 Å². The number of aliphatic imine (C=N–C) groups is 1. The Morgan fingerprint density at radius 1 is 0.770 bits per heavy atom. The largest absolute Gasteiger partial charge is 0.493 e. The van der Waals surface area contributed by atoms with Gasteiger partial charge in [0, 0.05) is 72.9 Å². The SMILES string of the molecule is CNC(C)C(=O)Nc1cc(COc2cc(/N=C\[C@@H]3Cc4ccccc4N3C)c(C=O)cc2OC)cc(COc2cc(NCC3Cc4ccccc4N3C)c(C=O)cc2OC)c1. The van der Waals surface area contributed by atoms with Crippen LogP contribution in [0.25, 0.3) is 0 Å². The number of benzene rings is 5. The standard InChI is InChI=1S/C48H52N6O7/c1-30(49-2)48(57)52-37-16-31(28-60-46-22-40(35(26-55)20-44(46)58-5)50-24-38-18-33-11-7-9-13-42(33)53(38)3)15-32(17-37)29-61-47-23-41(36(27-56)21-45(47)59-6)51-25-39-19-34-12-8-10-14-43(34)54(39)4/h7-17,20-24,26-27,30,38-39,49,51H,18-19,25,28-29H2,1-6H3,(H,52,57)/b50-24-/t30?,38-,39?/m0/s1. The fourth-order valence-electron chi connectivity index (χ4n) is 7.79. The summed E-state index contributed by atoms with van der Waals surface area (Å²) in [5.41, 5.74) is 8.82. The zero-order valence-electron chi connectivity index (χ0n) is 35.4. The summed E-state index contributed by atoms with van der Waals surface area (Å²) in [6, 6.07) is 28.8. The second-order valence-electron chi connectivity index (χ2n) is 15.3. The fourth-order valence-corrected chi connectivity index (χ4v) is 7.79. The summed E-state index contributed by atoms with van der Waals surface area (Å²) < 4.78 is 24.1. The van der Waals surface area contributed by atoms with Gasteiger partial charge in [0.05, 0.1) is 38.0 Å². The molecule has 0 bridgehead atoms. The minimum absolute atomic E-state index is 0.0239. The summed E-state index contributed by atoms with van der Waals surface area (Å²) in [6.07, 6.45) is 5.11. The van der Waals surface area contributed by atoms with Crippen LogP contribution in [0.5, 0.6) is 23.0 Å². The van der Waals surface area contributed by atoms with Crippen LogP contribution in [0.1, 0.15) is 49.9 Å². The monoisotopic (exact) mass is 824 g/mol. The maximum atomic E-state index is 13.0. The van der Waals surface area contributed by atoms with Crippen molar-refractivity contribution in [1.82, 2.24) is 5.32 Å². The predicted molar refractivity (Wildman–Crippen MR) is 240 cm³/mol. The number of aldehydes is 2. The molecule has 5 aromatic rings. The normalized spacial score (nSPS) is 15.8. The van der Waals surface area contributed by atoms with E-state index < -0.39 is 6.04 Å². The topological polar surface area (TPSA) is 143 Å². The first kappa shape index (κ1) is 42.3. The molecule has 0 aromatic heterocycles. The average molecular weight is 825 g/mol. The molecule has 0 saturated heterocycles. The molecule has 1 amide bonds. The molecule has 316 valence electrons. The number of hydrogen-bond donors (Lipinski definition) is 3. The summed E-state index contributed by atoms with van der Waals surface area (Å²) in [6.45, 7) is 2.57. The van der Waals surface area contributed by atoms with E-state index in [0.717, 1.165) is 42.2 Å². The number of fused-ring (bicyclic) bond motifs is 2. The molecule has 13 nitrogen and oxygen atoms in total. The molecule has 5 aromatic carbocycles. The smallest absolute Gasteiger partial charge is 0.241 e. The van der Waals surface area contributed by atoms with E-state index in [-0.39, 0.29) is 31.2 Å². The van der Waals surface area contributed by atoms with Gasteiger partial charge in [0.1, 0.15) is 13.2 Å². The number of anilines is 4. The summed E-state index contributed by atoms with van der Waals surface area (Å²) in [5.74, 6) is 1.40. The zero-order chi connectivity index (χ0) is 43.0. The van der Waals surface area contributed by atoms with Crippen LogP contribution in [0.3, 0.4) is 0 Å². The van der Waals surface area contributed by atoms with E-state index in [1.807, 2.05) is 49.7 Å². The van der Waals surface area contributed by atoms with Crippen molar-refractivity contribution in [2.75, 3.05) is 62.3 Å². The minimum Gasteiger partial charge on any atom is -0.493 e. The lowest BCUT2D eigenvalue weighted by molar-refractivity contribution is -0.117. The van der Waals surface area contributed by atoms with Gasteiger partial charge in [-0.2, -0.15) is 0 Å². The molecule has 0 radical (unpaired) electrons. The van der Waals surface area contributed by atoms with Crippen LogP contribution in [-0.2, 0) is 30.8 Å².